The minimum atomic E-state index is -3.82. The Morgan fingerprint density at radius 1 is 1.18 bits per heavy atom. The SMILES string of the molecule is CCNCC1CCN(S(=O)(=O)c2cc(F)cc(F)c2)CC1.Cl. The average Bonchev–Trinajstić information content (AvgIpc) is 2.44. The van der Waals surface area contributed by atoms with E-state index in [-0.39, 0.29) is 17.3 Å². The average molecular weight is 355 g/mol. The third-order valence-electron chi connectivity index (χ3n) is 3.73. The van der Waals surface area contributed by atoms with E-state index in [2.05, 4.69) is 5.32 Å². The molecule has 0 unspecified atom stereocenters. The van der Waals surface area contributed by atoms with E-state index in [0.717, 1.165) is 38.1 Å². The Morgan fingerprint density at radius 2 is 1.73 bits per heavy atom. The summed E-state index contributed by atoms with van der Waals surface area (Å²) in [5.74, 6) is -1.31. The lowest BCUT2D eigenvalue weighted by Crippen LogP contribution is -2.40. The number of hydrogen-bond donors (Lipinski definition) is 1. The zero-order valence-electron chi connectivity index (χ0n) is 12.4. The molecule has 0 amide bonds. The molecule has 1 aromatic rings. The Balaban J connectivity index is 0.00000242. The van der Waals surface area contributed by atoms with Crippen molar-refractivity contribution in [3.05, 3.63) is 29.8 Å². The number of sulfonamides is 1. The van der Waals surface area contributed by atoms with Gasteiger partial charge >= 0.3 is 0 Å². The lowest BCUT2D eigenvalue weighted by Gasteiger charge is -2.31. The van der Waals surface area contributed by atoms with E-state index in [1.807, 2.05) is 6.92 Å². The van der Waals surface area contributed by atoms with Gasteiger partial charge in [0.25, 0.3) is 0 Å². The molecule has 0 aliphatic carbocycles. The van der Waals surface area contributed by atoms with Crippen molar-refractivity contribution >= 4 is 22.4 Å². The van der Waals surface area contributed by atoms with Crippen LogP contribution in [0, 0.1) is 17.6 Å². The Morgan fingerprint density at radius 3 is 2.23 bits per heavy atom. The van der Waals surface area contributed by atoms with Gasteiger partial charge in [-0.25, -0.2) is 17.2 Å². The molecule has 0 aromatic heterocycles. The Hall–Kier alpha value is -0.760. The zero-order valence-corrected chi connectivity index (χ0v) is 14.0. The van der Waals surface area contributed by atoms with Crippen molar-refractivity contribution in [3.8, 4) is 0 Å². The fraction of sp³-hybridized carbons (Fsp3) is 0.571. The maximum Gasteiger partial charge on any atom is 0.243 e. The molecule has 0 atom stereocenters. The van der Waals surface area contributed by atoms with Crippen LogP contribution >= 0.6 is 12.4 Å². The highest BCUT2D eigenvalue weighted by Gasteiger charge is 2.29. The molecule has 8 heteroatoms. The molecule has 0 radical (unpaired) electrons. The molecule has 0 spiro atoms. The van der Waals surface area contributed by atoms with E-state index >= 15 is 0 Å². The van der Waals surface area contributed by atoms with Crippen LogP contribution in [0.1, 0.15) is 19.8 Å². The highest BCUT2D eigenvalue weighted by molar-refractivity contribution is 7.89. The van der Waals surface area contributed by atoms with Crippen molar-refractivity contribution in [3.63, 3.8) is 0 Å². The third-order valence-corrected chi connectivity index (χ3v) is 5.61. The van der Waals surface area contributed by atoms with Crippen LogP contribution < -0.4 is 5.32 Å². The molecule has 0 saturated carbocycles. The van der Waals surface area contributed by atoms with Crippen LogP contribution in [-0.2, 0) is 10.0 Å². The Kier molecular flexibility index (Phi) is 7.18. The van der Waals surface area contributed by atoms with Gasteiger partial charge in [0.2, 0.25) is 10.0 Å². The zero-order chi connectivity index (χ0) is 15.5. The minimum Gasteiger partial charge on any atom is -0.317 e. The third kappa shape index (κ3) is 4.62. The summed E-state index contributed by atoms with van der Waals surface area (Å²) in [6.45, 7) is 4.56. The number of benzene rings is 1. The van der Waals surface area contributed by atoms with E-state index in [1.165, 1.54) is 4.31 Å². The van der Waals surface area contributed by atoms with Crippen molar-refractivity contribution in [1.29, 1.82) is 0 Å². The molecule has 1 aliphatic heterocycles. The highest BCUT2D eigenvalue weighted by atomic mass is 35.5. The first kappa shape index (κ1) is 19.3. The maximum atomic E-state index is 13.2. The number of hydrogen-bond acceptors (Lipinski definition) is 3. The summed E-state index contributed by atoms with van der Waals surface area (Å²) in [5.41, 5.74) is 0. The summed E-state index contributed by atoms with van der Waals surface area (Å²) < 4.78 is 52.5. The molecule has 0 bridgehead atoms. The van der Waals surface area contributed by atoms with Crippen LogP contribution in [0.4, 0.5) is 8.78 Å². The van der Waals surface area contributed by atoms with Crippen molar-refractivity contribution in [2.75, 3.05) is 26.2 Å². The Bertz CT molecular complexity index is 570. The lowest BCUT2D eigenvalue weighted by atomic mass is 9.98. The van der Waals surface area contributed by atoms with Gasteiger partial charge in [-0.15, -0.1) is 12.4 Å². The monoisotopic (exact) mass is 354 g/mol. The van der Waals surface area contributed by atoms with Crippen LogP contribution in [0.25, 0.3) is 0 Å². The molecule has 1 saturated heterocycles. The van der Waals surface area contributed by atoms with Gasteiger partial charge in [0, 0.05) is 19.2 Å². The second kappa shape index (κ2) is 8.19. The van der Waals surface area contributed by atoms with Crippen molar-refractivity contribution in [2.24, 2.45) is 5.92 Å². The molecule has 1 aliphatic rings. The standard InChI is InChI=1S/C14H20F2N2O2S.ClH/c1-2-17-10-11-3-5-18(6-4-11)21(19,20)14-8-12(15)7-13(16)9-14;/h7-9,11,17H,2-6,10H2,1H3;1H. The van der Waals surface area contributed by atoms with E-state index in [1.54, 1.807) is 0 Å². The van der Waals surface area contributed by atoms with Gasteiger partial charge in [0.1, 0.15) is 11.6 Å². The number of nitrogens with one attached hydrogen (secondary N) is 1. The van der Waals surface area contributed by atoms with Gasteiger partial charge in [-0.1, -0.05) is 6.92 Å². The molecule has 4 nitrogen and oxygen atoms in total. The lowest BCUT2D eigenvalue weighted by molar-refractivity contribution is 0.268. The quantitative estimate of drug-likeness (QED) is 0.883. The molecule has 1 N–H and O–H groups in total. The predicted octanol–water partition coefficient (Wildman–Crippen LogP) is 2.40. The van der Waals surface area contributed by atoms with Crippen LogP contribution in [0.5, 0.6) is 0 Å². The van der Waals surface area contributed by atoms with Crippen LogP contribution in [0.15, 0.2) is 23.1 Å². The van der Waals surface area contributed by atoms with Gasteiger partial charge in [0.05, 0.1) is 4.90 Å². The van der Waals surface area contributed by atoms with Gasteiger partial charge in [-0.05, 0) is 44.0 Å². The van der Waals surface area contributed by atoms with Gasteiger partial charge in [-0.2, -0.15) is 4.31 Å². The second-order valence-corrected chi connectivity index (χ2v) is 7.20. The summed E-state index contributed by atoms with van der Waals surface area (Å²) >= 11 is 0. The van der Waals surface area contributed by atoms with Crippen LogP contribution in [-0.4, -0.2) is 38.9 Å². The fourth-order valence-electron chi connectivity index (χ4n) is 2.53. The first-order valence-corrected chi connectivity index (χ1v) is 8.54. The molecular formula is C14H21ClF2N2O2S. The maximum absolute atomic E-state index is 13.2. The summed E-state index contributed by atoms with van der Waals surface area (Å²) in [7, 11) is -3.82. The number of halogens is 3. The first-order chi connectivity index (χ1) is 9.93. The first-order valence-electron chi connectivity index (χ1n) is 7.10. The van der Waals surface area contributed by atoms with Crippen molar-refractivity contribution in [1.82, 2.24) is 9.62 Å². The minimum absolute atomic E-state index is 0. The molecular weight excluding hydrogens is 334 g/mol. The van der Waals surface area contributed by atoms with Crippen LogP contribution in [0.2, 0.25) is 0 Å². The summed E-state index contributed by atoms with van der Waals surface area (Å²) in [5, 5.41) is 3.25. The largest absolute Gasteiger partial charge is 0.317 e. The Labute approximate surface area is 136 Å². The van der Waals surface area contributed by atoms with Crippen LogP contribution in [0.3, 0.4) is 0 Å². The highest BCUT2D eigenvalue weighted by Crippen LogP contribution is 2.24. The van der Waals surface area contributed by atoms with Gasteiger partial charge < -0.3 is 5.32 Å². The normalized spacial score (nSPS) is 17.2. The second-order valence-electron chi connectivity index (χ2n) is 5.26. The van der Waals surface area contributed by atoms with Gasteiger partial charge in [-0.3, -0.25) is 0 Å². The smallest absolute Gasteiger partial charge is 0.243 e. The molecule has 1 fully saturated rings. The summed E-state index contributed by atoms with van der Waals surface area (Å²) in [4.78, 5) is -0.315. The summed E-state index contributed by atoms with van der Waals surface area (Å²) in [6, 6.07) is 2.40. The number of nitrogens with zero attached hydrogens (tertiary/aromatic N) is 1. The molecule has 22 heavy (non-hydrogen) atoms. The van der Waals surface area contributed by atoms with E-state index in [4.69, 9.17) is 0 Å². The molecule has 2 rings (SSSR count). The van der Waals surface area contributed by atoms with E-state index < -0.39 is 21.7 Å². The van der Waals surface area contributed by atoms with E-state index in [9.17, 15) is 17.2 Å². The predicted molar refractivity (Wildman–Crippen MR) is 83.6 cm³/mol. The topological polar surface area (TPSA) is 49.4 Å². The summed E-state index contributed by atoms with van der Waals surface area (Å²) in [6.07, 6.45) is 1.51. The molecule has 1 aromatic carbocycles. The number of piperidine rings is 1. The molecule has 126 valence electrons. The fourth-order valence-corrected chi connectivity index (χ4v) is 4.04. The van der Waals surface area contributed by atoms with E-state index in [0.29, 0.717) is 25.1 Å². The molecule has 1 heterocycles. The number of rotatable bonds is 5. The van der Waals surface area contributed by atoms with Gasteiger partial charge in [0.15, 0.2) is 0 Å². The van der Waals surface area contributed by atoms with Crippen molar-refractivity contribution < 1.29 is 17.2 Å². The van der Waals surface area contributed by atoms with Crippen molar-refractivity contribution in [2.45, 2.75) is 24.7 Å².